The van der Waals surface area contributed by atoms with Gasteiger partial charge in [0, 0.05) is 6.20 Å². The Hall–Kier alpha value is -2.40. The van der Waals surface area contributed by atoms with Crippen LogP contribution in [0.1, 0.15) is 11.3 Å². The van der Waals surface area contributed by atoms with Gasteiger partial charge in [-0.3, -0.25) is 0 Å². The predicted molar refractivity (Wildman–Crippen MR) is 65.8 cm³/mol. The number of benzene rings is 1. The van der Waals surface area contributed by atoms with Crippen LogP contribution >= 0.6 is 0 Å². The molecule has 0 aliphatic rings. The van der Waals surface area contributed by atoms with Crippen LogP contribution < -0.4 is 0 Å². The van der Waals surface area contributed by atoms with Gasteiger partial charge in [0.15, 0.2) is 0 Å². The van der Waals surface area contributed by atoms with E-state index in [4.69, 9.17) is 5.26 Å². The third kappa shape index (κ3) is 3.03. The summed E-state index contributed by atoms with van der Waals surface area (Å²) in [5.74, 6) is 0. The van der Waals surface area contributed by atoms with Crippen molar-refractivity contribution in [2.75, 3.05) is 0 Å². The molecule has 0 atom stereocenters. The van der Waals surface area contributed by atoms with E-state index >= 15 is 0 Å². The summed E-state index contributed by atoms with van der Waals surface area (Å²) in [6.45, 7) is 0. The largest absolute Gasteiger partial charge is 0.416 e. The Morgan fingerprint density at radius 3 is 2.33 bits per heavy atom. The van der Waals surface area contributed by atoms with Crippen LogP contribution in [0.2, 0.25) is 0 Å². The molecular formula is C13H7F3N2O2S. The van der Waals surface area contributed by atoms with Crippen LogP contribution in [0.15, 0.2) is 52.4 Å². The molecular weight excluding hydrogens is 305 g/mol. The monoisotopic (exact) mass is 312 g/mol. The first-order valence-corrected chi connectivity index (χ1v) is 7.02. The summed E-state index contributed by atoms with van der Waals surface area (Å²) in [7, 11) is -4.12. The third-order valence-corrected chi connectivity index (χ3v) is 4.37. The quantitative estimate of drug-likeness (QED) is 0.855. The summed E-state index contributed by atoms with van der Waals surface area (Å²) in [4.78, 5) is 2.84. The van der Waals surface area contributed by atoms with E-state index in [2.05, 4.69) is 4.98 Å². The maximum Gasteiger partial charge on any atom is 0.416 e. The minimum Gasteiger partial charge on any atom is -0.244 e. The van der Waals surface area contributed by atoms with Crippen molar-refractivity contribution in [1.82, 2.24) is 4.98 Å². The van der Waals surface area contributed by atoms with Crippen molar-refractivity contribution in [3.8, 4) is 6.07 Å². The number of hydrogen-bond donors (Lipinski definition) is 0. The molecule has 1 aromatic heterocycles. The molecule has 0 aliphatic carbocycles. The zero-order valence-corrected chi connectivity index (χ0v) is 11.1. The third-order valence-electron chi connectivity index (χ3n) is 2.63. The number of nitrogens with zero attached hydrogens (tertiary/aromatic N) is 2. The lowest BCUT2D eigenvalue weighted by Gasteiger charge is -2.09. The molecule has 0 saturated carbocycles. The Kier molecular flexibility index (Phi) is 3.70. The Morgan fingerprint density at radius 2 is 1.81 bits per heavy atom. The molecule has 0 radical (unpaired) electrons. The molecule has 0 amide bonds. The van der Waals surface area contributed by atoms with Gasteiger partial charge in [-0.2, -0.15) is 18.4 Å². The second kappa shape index (κ2) is 5.18. The normalized spacial score (nSPS) is 11.9. The minimum atomic E-state index is -4.63. The topological polar surface area (TPSA) is 70.8 Å². The lowest BCUT2D eigenvalue weighted by molar-refractivity contribution is -0.137. The van der Waals surface area contributed by atoms with E-state index in [0.717, 1.165) is 30.5 Å². The van der Waals surface area contributed by atoms with Gasteiger partial charge in [-0.05, 0) is 30.3 Å². The average Bonchev–Trinajstić information content (AvgIpc) is 2.46. The molecule has 0 spiro atoms. The van der Waals surface area contributed by atoms with Crippen molar-refractivity contribution in [2.24, 2.45) is 0 Å². The number of hydrogen-bond acceptors (Lipinski definition) is 4. The number of nitriles is 1. The van der Waals surface area contributed by atoms with E-state index in [9.17, 15) is 21.6 Å². The first-order valence-electron chi connectivity index (χ1n) is 5.53. The zero-order chi connectivity index (χ0) is 15.7. The predicted octanol–water partition coefficient (Wildman–Crippen LogP) is 2.80. The summed E-state index contributed by atoms with van der Waals surface area (Å²) < 4.78 is 62.3. The van der Waals surface area contributed by atoms with Crippen LogP contribution in [-0.4, -0.2) is 13.4 Å². The number of halogens is 3. The molecule has 0 unspecified atom stereocenters. The maximum atomic E-state index is 12.6. The Bertz CT molecular complexity index is 807. The lowest BCUT2D eigenvalue weighted by Crippen LogP contribution is -2.08. The molecule has 8 heteroatoms. The van der Waals surface area contributed by atoms with Gasteiger partial charge in [0.25, 0.3) is 0 Å². The molecule has 0 fully saturated rings. The zero-order valence-electron chi connectivity index (χ0n) is 10.3. The van der Waals surface area contributed by atoms with Crippen molar-refractivity contribution in [3.05, 3.63) is 53.9 Å². The molecule has 1 aromatic carbocycles. The van der Waals surface area contributed by atoms with Crippen molar-refractivity contribution >= 4 is 9.84 Å². The Labute approximate surface area is 118 Å². The van der Waals surface area contributed by atoms with Crippen molar-refractivity contribution < 1.29 is 21.6 Å². The SMILES string of the molecule is N#Cc1ccc(S(=O)(=O)c2cccc(C(F)(F)F)c2)cn1. The standard InChI is InChI=1S/C13H7F3N2O2S/c14-13(15,16)9-2-1-3-11(6-9)21(19,20)12-5-4-10(7-17)18-8-12/h1-6,8H. The Morgan fingerprint density at radius 1 is 1.10 bits per heavy atom. The first kappa shape index (κ1) is 15.0. The molecule has 0 saturated heterocycles. The van der Waals surface area contributed by atoms with Crippen molar-refractivity contribution in [1.29, 1.82) is 5.26 Å². The molecule has 2 aromatic rings. The van der Waals surface area contributed by atoms with E-state index in [1.807, 2.05) is 0 Å². The highest BCUT2D eigenvalue weighted by Gasteiger charge is 2.32. The number of sulfone groups is 1. The van der Waals surface area contributed by atoms with Crippen LogP contribution in [0.5, 0.6) is 0 Å². The highest BCUT2D eigenvalue weighted by atomic mass is 32.2. The maximum absolute atomic E-state index is 12.6. The number of alkyl halides is 3. The van der Waals surface area contributed by atoms with Crippen molar-refractivity contribution in [2.45, 2.75) is 16.0 Å². The fourth-order valence-corrected chi connectivity index (χ4v) is 2.83. The second-order valence-corrected chi connectivity index (χ2v) is 5.97. The van der Waals surface area contributed by atoms with Crippen LogP contribution in [0, 0.1) is 11.3 Å². The summed E-state index contributed by atoms with van der Waals surface area (Å²) >= 11 is 0. The summed E-state index contributed by atoms with van der Waals surface area (Å²) in [5, 5.41) is 8.59. The molecule has 0 bridgehead atoms. The van der Waals surface area contributed by atoms with Crippen LogP contribution in [0.4, 0.5) is 13.2 Å². The fraction of sp³-hybridized carbons (Fsp3) is 0.0769. The van der Waals surface area contributed by atoms with E-state index in [1.54, 1.807) is 6.07 Å². The van der Waals surface area contributed by atoms with E-state index in [1.165, 1.54) is 6.07 Å². The Balaban J connectivity index is 2.51. The van der Waals surface area contributed by atoms with Crippen molar-refractivity contribution in [3.63, 3.8) is 0 Å². The van der Waals surface area contributed by atoms with Gasteiger partial charge >= 0.3 is 6.18 Å². The molecule has 1 heterocycles. The summed E-state index contributed by atoms with van der Waals surface area (Å²) in [6.07, 6.45) is -3.69. The molecule has 2 rings (SSSR count). The lowest BCUT2D eigenvalue weighted by atomic mass is 10.2. The highest BCUT2D eigenvalue weighted by molar-refractivity contribution is 7.91. The van der Waals surface area contributed by atoms with E-state index < -0.39 is 26.5 Å². The van der Waals surface area contributed by atoms with Crippen LogP contribution in [0.25, 0.3) is 0 Å². The number of pyridine rings is 1. The van der Waals surface area contributed by atoms with Gasteiger partial charge in [0.05, 0.1) is 15.4 Å². The molecule has 4 nitrogen and oxygen atoms in total. The van der Waals surface area contributed by atoms with E-state index in [-0.39, 0.29) is 10.6 Å². The highest BCUT2D eigenvalue weighted by Crippen LogP contribution is 2.31. The number of aromatic nitrogens is 1. The molecule has 0 aliphatic heterocycles. The number of rotatable bonds is 2. The van der Waals surface area contributed by atoms with Gasteiger partial charge in [-0.15, -0.1) is 0 Å². The van der Waals surface area contributed by atoms with Gasteiger partial charge in [0.2, 0.25) is 9.84 Å². The van der Waals surface area contributed by atoms with Gasteiger partial charge in [-0.25, -0.2) is 13.4 Å². The van der Waals surface area contributed by atoms with Gasteiger partial charge in [-0.1, -0.05) is 6.07 Å². The summed E-state index contributed by atoms with van der Waals surface area (Å²) in [6, 6.07) is 7.47. The molecule has 21 heavy (non-hydrogen) atoms. The fourth-order valence-electron chi connectivity index (χ4n) is 1.58. The van der Waals surface area contributed by atoms with Gasteiger partial charge < -0.3 is 0 Å². The van der Waals surface area contributed by atoms with Crippen LogP contribution in [0.3, 0.4) is 0 Å². The minimum absolute atomic E-state index is 0.0120. The average molecular weight is 312 g/mol. The smallest absolute Gasteiger partial charge is 0.244 e. The second-order valence-electron chi connectivity index (χ2n) is 4.02. The van der Waals surface area contributed by atoms with E-state index in [0.29, 0.717) is 6.07 Å². The first-order chi connectivity index (χ1) is 9.75. The molecule has 0 N–H and O–H groups in total. The molecule has 108 valence electrons. The van der Waals surface area contributed by atoms with Gasteiger partial charge in [0.1, 0.15) is 11.8 Å². The summed E-state index contributed by atoms with van der Waals surface area (Å²) in [5.41, 5.74) is -1.04. The van der Waals surface area contributed by atoms with Crippen LogP contribution in [-0.2, 0) is 16.0 Å².